The molecule has 2 heterocycles. The average Bonchev–Trinajstić information content (AvgIpc) is 3.44. The van der Waals surface area contributed by atoms with E-state index >= 15 is 0 Å². The highest BCUT2D eigenvalue weighted by Crippen LogP contribution is 2.30. The average molecular weight is 1090 g/mol. The molecule has 14 heteroatoms. The molecule has 2 rings (SSSR count). The third-order valence-corrected chi connectivity index (χ3v) is 14.0. The molecule has 0 aromatic heterocycles. The molecule has 2 fully saturated rings. The molecule has 2 aliphatic rings. The van der Waals surface area contributed by atoms with Crippen molar-refractivity contribution in [1.82, 2.24) is 5.32 Å². The number of aliphatic hydroxyl groups excluding tert-OH is 8. The molecule has 1 amide bonds. The molecule has 2 aliphatic heterocycles. The van der Waals surface area contributed by atoms with Gasteiger partial charge in [-0.25, -0.2) is 0 Å². The van der Waals surface area contributed by atoms with Gasteiger partial charge in [0.2, 0.25) is 5.91 Å². The number of unbranched alkanes of at least 4 members (excludes halogenated alkanes) is 19. The zero-order valence-corrected chi connectivity index (χ0v) is 47.4. The van der Waals surface area contributed by atoms with Crippen LogP contribution < -0.4 is 5.32 Å². The second kappa shape index (κ2) is 47.7. The van der Waals surface area contributed by atoms with Crippen molar-refractivity contribution in [2.75, 3.05) is 19.8 Å². The first kappa shape index (κ1) is 70.0. The van der Waals surface area contributed by atoms with Crippen molar-refractivity contribution in [3.63, 3.8) is 0 Å². The van der Waals surface area contributed by atoms with Gasteiger partial charge in [-0.3, -0.25) is 4.79 Å². The van der Waals surface area contributed by atoms with Crippen LogP contribution in [-0.4, -0.2) is 140 Å². The lowest BCUT2D eigenvalue weighted by molar-refractivity contribution is -0.359. The van der Waals surface area contributed by atoms with Crippen molar-refractivity contribution < 1.29 is 64.6 Å². The van der Waals surface area contributed by atoms with Crippen molar-refractivity contribution >= 4 is 5.91 Å². The predicted molar refractivity (Wildman–Crippen MR) is 309 cm³/mol. The zero-order chi connectivity index (χ0) is 56.0. The SMILES string of the molecule is CC/C=C\C/C=C\C/C=C\C/C=C\C/C=C\C/C=C\C/C=C\CCCCCC(=O)NC(COC1OC(CO)C(OC2OC(CO)C(O)C(O)C2O)C(O)C1O)C(O)/C=C/CCCCCCCCCCCCCCCCCC. The van der Waals surface area contributed by atoms with E-state index in [2.05, 4.69) is 104 Å². The van der Waals surface area contributed by atoms with Gasteiger partial charge in [-0.05, 0) is 77.0 Å². The minimum Gasteiger partial charge on any atom is -0.394 e. The van der Waals surface area contributed by atoms with Gasteiger partial charge in [-0.1, -0.05) is 214 Å². The van der Waals surface area contributed by atoms with Gasteiger partial charge in [-0.15, -0.1) is 0 Å². The minimum absolute atomic E-state index is 0.235. The first-order chi connectivity index (χ1) is 37.6. The zero-order valence-electron chi connectivity index (χ0n) is 47.4. The molecule has 77 heavy (non-hydrogen) atoms. The monoisotopic (exact) mass is 1090 g/mol. The van der Waals surface area contributed by atoms with Crippen LogP contribution in [0.1, 0.15) is 200 Å². The fourth-order valence-electron chi connectivity index (χ4n) is 9.21. The number of amides is 1. The predicted octanol–water partition coefficient (Wildman–Crippen LogP) is 10.3. The summed E-state index contributed by atoms with van der Waals surface area (Å²) in [5, 5.41) is 87.1. The molecule has 12 atom stereocenters. The lowest BCUT2D eigenvalue weighted by atomic mass is 9.97. The van der Waals surface area contributed by atoms with Crippen LogP contribution in [0.2, 0.25) is 0 Å². The van der Waals surface area contributed by atoms with Crippen molar-refractivity contribution in [2.24, 2.45) is 0 Å². The Hall–Kier alpha value is -3.09. The summed E-state index contributed by atoms with van der Waals surface area (Å²) < 4.78 is 22.8. The Labute approximate surface area is 464 Å². The third kappa shape index (κ3) is 33.3. The first-order valence-electron chi connectivity index (χ1n) is 30.0. The molecule has 0 spiro atoms. The van der Waals surface area contributed by atoms with Crippen LogP contribution in [0.3, 0.4) is 0 Å². The standard InChI is InChI=1S/C63H107NO13/c1-3-5-7-9-11-13-15-17-19-21-23-24-25-26-27-28-29-31-33-35-37-39-41-43-45-47-55(68)64-51(52(67)46-44-42-40-38-36-34-32-30-22-20-18-16-14-12-10-8-6-4-2)50-74-62-60(73)58(71)61(54(49-66)76-62)77-63-59(72)57(70)56(69)53(48-65)75-63/h5,7,11,13,17,19,23-24,26-27,29,31,35,37,44,46,51-54,56-63,65-67,69-73H,3-4,6,8-10,12,14-16,18,20-22,25,28,30,32-34,36,38-43,45,47-50H2,1-2H3,(H,64,68)/b7-5-,13-11-,19-17-,24-23-,27-26-,31-29-,37-35-,46-44+. The Bertz CT molecular complexity index is 1660. The maximum absolute atomic E-state index is 13.3. The summed E-state index contributed by atoms with van der Waals surface area (Å²) in [6, 6.07) is -0.940. The largest absolute Gasteiger partial charge is 0.394 e. The summed E-state index contributed by atoms with van der Waals surface area (Å²) in [5.74, 6) is -0.275. The van der Waals surface area contributed by atoms with Crippen molar-refractivity contribution in [3.05, 3.63) is 97.2 Å². The summed E-state index contributed by atoms with van der Waals surface area (Å²) in [6.07, 6.45) is 48.6. The highest BCUT2D eigenvalue weighted by atomic mass is 16.7. The molecule has 0 radical (unpaired) electrons. The number of ether oxygens (including phenoxy) is 4. The van der Waals surface area contributed by atoms with E-state index in [-0.39, 0.29) is 18.9 Å². The maximum atomic E-state index is 13.3. The van der Waals surface area contributed by atoms with Crippen LogP contribution in [0.5, 0.6) is 0 Å². The van der Waals surface area contributed by atoms with Crippen LogP contribution in [0.4, 0.5) is 0 Å². The van der Waals surface area contributed by atoms with E-state index in [1.54, 1.807) is 6.08 Å². The van der Waals surface area contributed by atoms with E-state index in [9.17, 15) is 45.6 Å². The number of carbonyl (C=O) groups excluding carboxylic acids is 1. The third-order valence-electron chi connectivity index (χ3n) is 14.0. The minimum atomic E-state index is -1.80. The van der Waals surface area contributed by atoms with Crippen molar-refractivity contribution in [2.45, 2.75) is 274 Å². The molecule has 0 aromatic rings. The first-order valence-corrected chi connectivity index (χ1v) is 30.0. The van der Waals surface area contributed by atoms with Gasteiger partial charge in [0.05, 0.1) is 32.0 Å². The van der Waals surface area contributed by atoms with Crippen LogP contribution in [0.25, 0.3) is 0 Å². The highest BCUT2D eigenvalue weighted by molar-refractivity contribution is 5.76. The van der Waals surface area contributed by atoms with Gasteiger partial charge in [0.25, 0.3) is 0 Å². The Balaban J connectivity index is 1.79. The van der Waals surface area contributed by atoms with Gasteiger partial charge in [0.1, 0.15) is 48.8 Å². The highest BCUT2D eigenvalue weighted by Gasteiger charge is 2.51. The lowest BCUT2D eigenvalue weighted by Crippen LogP contribution is -2.65. The number of aliphatic hydroxyl groups is 8. The number of allylic oxidation sites excluding steroid dienone is 15. The maximum Gasteiger partial charge on any atom is 0.220 e. The lowest BCUT2D eigenvalue weighted by Gasteiger charge is -2.46. The molecule has 0 aliphatic carbocycles. The normalized spacial score (nSPS) is 25.4. The number of nitrogens with one attached hydrogen (secondary N) is 1. The van der Waals surface area contributed by atoms with Gasteiger partial charge in [0.15, 0.2) is 12.6 Å². The Morgan fingerprint density at radius 1 is 0.481 bits per heavy atom. The second-order valence-corrected chi connectivity index (χ2v) is 20.7. The van der Waals surface area contributed by atoms with E-state index in [0.717, 1.165) is 83.5 Å². The Kier molecular flexibility index (Phi) is 43.4. The molecule has 12 unspecified atom stereocenters. The van der Waals surface area contributed by atoms with Crippen molar-refractivity contribution in [1.29, 1.82) is 0 Å². The molecule has 2 saturated heterocycles. The summed E-state index contributed by atoms with van der Waals surface area (Å²) >= 11 is 0. The van der Waals surface area contributed by atoms with Crippen molar-refractivity contribution in [3.8, 4) is 0 Å². The molecule has 0 aromatic carbocycles. The van der Waals surface area contributed by atoms with Crippen LogP contribution in [0, 0.1) is 0 Å². The number of hydrogen-bond acceptors (Lipinski definition) is 13. The van der Waals surface area contributed by atoms with Crippen LogP contribution in [0.15, 0.2) is 97.2 Å². The van der Waals surface area contributed by atoms with Gasteiger partial charge in [0, 0.05) is 6.42 Å². The second-order valence-electron chi connectivity index (χ2n) is 20.7. The fourth-order valence-corrected chi connectivity index (χ4v) is 9.21. The fraction of sp³-hybridized carbons (Fsp3) is 0.730. The van der Waals surface area contributed by atoms with Crippen LogP contribution in [-0.2, 0) is 23.7 Å². The molecule has 9 N–H and O–H groups in total. The smallest absolute Gasteiger partial charge is 0.220 e. The molecule has 442 valence electrons. The molecule has 14 nitrogen and oxygen atoms in total. The van der Waals surface area contributed by atoms with Gasteiger partial charge in [-0.2, -0.15) is 0 Å². The molecule has 0 bridgehead atoms. The topological polar surface area (TPSA) is 228 Å². The van der Waals surface area contributed by atoms with E-state index in [1.165, 1.54) is 89.9 Å². The quantitative estimate of drug-likeness (QED) is 0.0205. The van der Waals surface area contributed by atoms with Crippen LogP contribution >= 0.6 is 0 Å². The van der Waals surface area contributed by atoms with E-state index < -0.39 is 86.8 Å². The molecule has 0 saturated carbocycles. The number of rotatable bonds is 46. The van der Waals surface area contributed by atoms with E-state index in [1.807, 2.05) is 6.08 Å². The van der Waals surface area contributed by atoms with E-state index in [0.29, 0.717) is 6.42 Å². The summed E-state index contributed by atoms with van der Waals surface area (Å²) in [7, 11) is 0. The summed E-state index contributed by atoms with van der Waals surface area (Å²) in [6.45, 7) is 2.65. The summed E-state index contributed by atoms with van der Waals surface area (Å²) in [4.78, 5) is 13.3. The number of carbonyl (C=O) groups is 1. The molecular weight excluding hydrogens is 979 g/mol. The Morgan fingerprint density at radius 2 is 0.896 bits per heavy atom. The number of hydrogen-bond donors (Lipinski definition) is 9. The molecular formula is C63H107NO13. The van der Waals surface area contributed by atoms with Gasteiger partial charge >= 0.3 is 0 Å². The Morgan fingerprint density at radius 3 is 1.38 bits per heavy atom. The van der Waals surface area contributed by atoms with E-state index in [4.69, 9.17) is 18.9 Å². The summed E-state index contributed by atoms with van der Waals surface area (Å²) in [5.41, 5.74) is 0. The van der Waals surface area contributed by atoms with Gasteiger partial charge < -0.3 is 65.1 Å².